The Morgan fingerprint density at radius 3 is 2.68 bits per heavy atom. The summed E-state index contributed by atoms with van der Waals surface area (Å²) in [5.41, 5.74) is 1.71. The summed E-state index contributed by atoms with van der Waals surface area (Å²) in [5.74, 6) is 0.0510. The lowest BCUT2D eigenvalue weighted by Gasteiger charge is -2.25. The number of morpholine rings is 1. The zero-order valence-electron chi connectivity index (χ0n) is 14.5. The Morgan fingerprint density at radius 1 is 1.16 bits per heavy atom. The summed E-state index contributed by atoms with van der Waals surface area (Å²) in [7, 11) is 0. The van der Waals surface area contributed by atoms with Gasteiger partial charge in [0, 0.05) is 24.7 Å². The summed E-state index contributed by atoms with van der Waals surface area (Å²) in [4.78, 5) is 19.6. The van der Waals surface area contributed by atoms with Gasteiger partial charge in [-0.25, -0.2) is 4.98 Å². The molecule has 134 valence electrons. The molecular weight excluding hydrogens is 334 g/mol. The number of aromatic nitrogens is 1. The standard InChI is InChI=1S/C19H25N3O2S/c23-18(20-15-5-3-1-2-4-6-15)14-7-8-16-17(13-14)25-19(21-16)22-9-11-24-12-10-22/h7-8,13,15H,1-6,9-12H2,(H,20,23). The van der Waals surface area contributed by atoms with E-state index in [9.17, 15) is 4.79 Å². The summed E-state index contributed by atoms with van der Waals surface area (Å²) in [6.45, 7) is 3.28. The molecule has 4 rings (SSSR count). The Balaban J connectivity index is 1.48. The predicted octanol–water partition coefficient (Wildman–Crippen LogP) is 3.59. The maximum atomic E-state index is 12.6. The minimum atomic E-state index is 0.0510. The zero-order chi connectivity index (χ0) is 17.1. The van der Waals surface area contributed by atoms with Crippen LogP contribution in [0.4, 0.5) is 5.13 Å². The number of carbonyl (C=O) groups excluding carboxylic acids is 1. The van der Waals surface area contributed by atoms with E-state index in [-0.39, 0.29) is 5.91 Å². The van der Waals surface area contributed by atoms with Gasteiger partial charge in [-0.3, -0.25) is 4.79 Å². The molecule has 1 aromatic carbocycles. The highest BCUT2D eigenvalue weighted by atomic mass is 32.1. The number of carbonyl (C=O) groups is 1. The van der Waals surface area contributed by atoms with Gasteiger partial charge in [0.1, 0.15) is 0 Å². The Kier molecular flexibility index (Phi) is 5.17. The third kappa shape index (κ3) is 3.96. The molecule has 2 fully saturated rings. The van der Waals surface area contributed by atoms with Crippen molar-refractivity contribution in [1.29, 1.82) is 0 Å². The van der Waals surface area contributed by atoms with E-state index in [0.717, 1.165) is 60.1 Å². The number of hydrogen-bond acceptors (Lipinski definition) is 5. The van der Waals surface area contributed by atoms with Gasteiger partial charge in [0.05, 0.1) is 23.4 Å². The summed E-state index contributed by atoms with van der Waals surface area (Å²) in [5, 5.41) is 4.26. The molecule has 6 heteroatoms. The molecule has 2 heterocycles. The topological polar surface area (TPSA) is 54.5 Å². The van der Waals surface area contributed by atoms with E-state index < -0.39 is 0 Å². The number of amides is 1. The van der Waals surface area contributed by atoms with Gasteiger partial charge in [-0.2, -0.15) is 0 Å². The van der Waals surface area contributed by atoms with Crippen molar-refractivity contribution in [3.05, 3.63) is 23.8 Å². The number of ether oxygens (including phenoxy) is 1. The minimum Gasteiger partial charge on any atom is -0.378 e. The van der Waals surface area contributed by atoms with Crippen LogP contribution in [0.1, 0.15) is 48.9 Å². The highest BCUT2D eigenvalue weighted by molar-refractivity contribution is 7.22. The quantitative estimate of drug-likeness (QED) is 0.851. The molecule has 2 aliphatic rings. The maximum absolute atomic E-state index is 12.6. The number of fused-ring (bicyclic) bond motifs is 1. The predicted molar refractivity (Wildman–Crippen MR) is 102 cm³/mol. The van der Waals surface area contributed by atoms with Crippen LogP contribution in [-0.4, -0.2) is 43.2 Å². The normalized spacial score (nSPS) is 19.8. The van der Waals surface area contributed by atoms with Crippen molar-refractivity contribution < 1.29 is 9.53 Å². The molecule has 1 aliphatic carbocycles. The van der Waals surface area contributed by atoms with E-state index in [1.165, 1.54) is 25.7 Å². The first-order valence-corrected chi connectivity index (χ1v) is 10.2. The molecule has 0 spiro atoms. The first-order valence-electron chi connectivity index (χ1n) is 9.34. The largest absolute Gasteiger partial charge is 0.378 e. The molecule has 1 saturated carbocycles. The van der Waals surface area contributed by atoms with Crippen molar-refractivity contribution in [3.8, 4) is 0 Å². The lowest BCUT2D eigenvalue weighted by atomic mass is 10.1. The Hall–Kier alpha value is -1.66. The smallest absolute Gasteiger partial charge is 0.251 e. The number of hydrogen-bond donors (Lipinski definition) is 1. The van der Waals surface area contributed by atoms with Crippen molar-refractivity contribution in [2.75, 3.05) is 31.2 Å². The summed E-state index contributed by atoms with van der Waals surface area (Å²) in [6.07, 6.45) is 7.25. The lowest BCUT2D eigenvalue weighted by Crippen LogP contribution is -2.36. The van der Waals surface area contributed by atoms with Crippen molar-refractivity contribution in [2.24, 2.45) is 0 Å². The second-order valence-corrected chi connectivity index (χ2v) is 7.95. The van der Waals surface area contributed by atoms with Crippen LogP contribution >= 0.6 is 11.3 Å². The Morgan fingerprint density at radius 2 is 1.92 bits per heavy atom. The van der Waals surface area contributed by atoms with Gasteiger partial charge in [0.25, 0.3) is 5.91 Å². The summed E-state index contributed by atoms with van der Waals surface area (Å²) >= 11 is 1.66. The molecule has 2 aromatic rings. The molecule has 1 saturated heterocycles. The van der Waals surface area contributed by atoms with Gasteiger partial charge >= 0.3 is 0 Å². The average Bonchev–Trinajstić information content (AvgIpc) is 2.91. The Labute approximate surface area is 152 Å². The van der Waals surface area contributed by atoms with E-state index in [0.29, 0.717) is 6.04 Å². The molecule has 0 atom stereocenters. The number of benzene rings is 1. The molecule has 1 N–H and O–H groups in total. The molecule has 1 aliphatic heterocycles. The van der Waals surface area contributed by atoms with E-state index in [1.807, 2.05) is 18.2 Å². The van der Waals surface area contributed by atoms with Crippen LogP contribution in [0.25, 0.3) is 10.2 Å². The SMILES string of the molecule is O=C(NC1CCCCCC1)c1ccc2nc(N3CCOCC3)sc2c1. The lowest BCUT2D eigenvalue weighted by molar-refractivity contribution is 0.0933. The number of nitrogens with one attached hydrogen (secondary N) is 1. The minimum absolute atomic E-state index is 0.0510. The molecule has 0 unspecified atom stereocenters. The van der Waals surface area contributed by atoms with E-state index in [2.05, 4.69) is 10.2 Å². The fourth-order valence-corrected chi connectivity index (χ4v) is 4.69. The van der Waals surface area contributed by atoms with Gasteiger partial charge in [-0.15, -0.1) is 0 Å². The van der Waals surface area contributed by atoms with Gasteiger partial charge < -0.3 is 15.0 Å². The first-order chi connectivity index (χ1) is 12.3. The van der Waals surface area contributed by atoms with E-state index in [1.54, 1.807) is 11.3 Å². The fraction of sp³-hybridized carbons (Fsp3) is 0.579. The number of thiazole rings is 1. The average molecular weight is 359 g/mol. The number of rotatable bonds is 3. The van der Waals surface area contributed by atoms with Crippen LogP contribution in [0.3, 0.4) is 0 Å². The monoisotopic (exact) mass is 359 g/mol. The third-order valence-corrected chi connectivity index (χ3v) is 6.19. The Bertz CT molecular complexity index is 731. The first kappa shape index (κ1) is 16.8. The molecule has 1 amide bonds. The molecular formula is C19H25N3O2S. The van der Waals surface area contributed by atoms with Crippen molar-refractivity contribution in [2.45, 2.75) is 44.6 Å². The summed E-state index contributed by atoms with van der Waals surface area (Å²) in [6, 6.07) is 6.19. The molecule has 25 heavy (non-hydrogen) atoms. The zero-order valence-corrected chi connectivity index (χ0v) is 15.3. The molecule has 1 aromatic heterocycles. The fourth-order valence-electron chi connectivity index (χ4n) is 3.64. The van der Waals surface area contributed by atoms with Crippen LogP contribution in [0.5, 0.6) is 0 Å². The summed E-state index contributed by atoms with van der Waals surface area (Å²) < 4.78 is 6.49. The van der Waals surface area contributed by atoms with Crippen molar-refractivity contribution in [1.82, 2.24) is 10.3 Å². The van der Waals surface area contributed by atoms with E-state index in [4.69, 9.17) is 9.72 Å². The van der Waals surface area contributed by atoms with Crippen LogP contribution in [0.15, 0.2) is 18.2 Å². The van der Waals surface area contributed by atoms with Gasteiger partial charge in [-0.05, 0) is 31.0 Å². The highest BCUT2D eigenvalue weighted by Gasteiger charge is 2.18. The van der Waals surface area contributed by atoms with Gasteiger partial charge in [0.15, 0.2) is 5.13 Å². The van der Waals surface area contributed by atoms with Crippen LogP contribution < -0.4 is 10.2 Å². The molecule has 0 bridgehead atoms. The highest BCUT2D eigenvalue weighted by Crippen LogP contribution is 2.30. The number of anilines is 1. The van der Waals surface area contributed by atoms with Crippen LogP contribution in [-0.2, 0) is 4.74 Å². The van der Waals surface area contributed by atoms with Crippen LogP contribution in [0, 0.1) is 0 Å². The van der Waals surface area contributed by atoms with Crippen molar-refractivity contribution >= 4 is 32.6 Å². The molecule has 5 nitrogen and oxygen atoms in total. The van der Waals surface area contributed by atoms with Gasteiger partial charge in [0.2, 0.25) is 0 Å². The van der Waals surface area contributed by atoms with Crippen molar-refractivity contribution in [3.63, 3.8) is 0 Å². The molecule has 0 radical (unpaired) electrons. The second kappa shape index (κ2) is 7.70. The maximum Gasteiger partial charge on any atom is 0.251 e. The number of nitrogens with zero attached hydrogens (tertiary/aromatic N) is 2. The second-order valence-electron chi connectivity index (χ2n) is 6.94. The third-order valence-electron chi connectivity index (χ3n) is 5.11. The van der Waals surface area contributed by atoms with E-state index >= 15 is 0 Å². The van der Waals surface area contributed by atoms with Crippen LogP contribution in [0.2, 0.25) is 0 Å². The van der Waals surface area contributed by atoms with Gasteiger partial charge in [-0.1, -0.05) is 37.0 Å².